The average molecular weight is 755 g/mol. The second-order valence-corrected chi connectivity index (χ2v) is 16.3. The van der Waals surface area contributed by atoms with Crippen LogP contribution in [-0.2, 0) is 5.41 Å². The minimum Gasteiger partial charge on any atom is -0.228 e. The van der Waals surface area contributed by atoms with Crippen molar-refractivity contribution in [1.29, 1.82) is 0 Å². The predicted molar refractivity (Wildman–Crippen MR) is 240 cm³/mol. The molecule has 0 saturated carbocycles. The van der Waals surface area contributed by atoms with Crippen molar-refractivity contribution in [2.45, 2.75) is 15.2 Å². The van der Waals surface area contributed by atoms with Crippen LogP contribution in [0.25, 0.3) is 77.7 Å². The van der Waals surface area contributed by atoms with Gasteiger partial charge in [-0.2, -0.15) is 0 Å². The number of hydrogen-bond donors (Lipinski definition) is 0. The first-order valence-electron chi connectivity index (χ1n) is 19.8. The van der Waals surface area contributed by atoms with Crippen molar-refractivity contribution in [3.63, 3.8) is 0 Å². The Morgan fingerprint density at radius 1 is 0.345 bits per heavy atom. The highest BCUT2D eigenvalue weighted by atomic mass is 32.2. The predicted octanol–water partition coefficient (Wildman–Crippen LogP) is 14.3. The highest BCUT2D eigenvalue weighted by Gasteiger charge is 2.50. The standard InChI is InChI=1S/C55H34N2S/c1-2-15-37(16-3-1)54-56-49(36-31-29-35(30-32-36)44-33-38-17-4-5-18-39(38)40-19-6-7-20-41(40)44)34-50(57-54)43-22-14-26-48-53(43)42-21-8-9-23-45(42)55(48)46-24-10-12-27-51(46)58-52-28-13-11-25-47(52)55/h1-34H. The summed E-state index contributed by atoms with van der Waals surface area (Å²) in [5.41, 5.74) is 14.6. The minimum absolute atomic E-state index is 0.457. The van der Waals surface area contributed by atoms with Crippen molar-refractivity contribution in [3.05, 3.63) is 229 Å². The van der Waals surface area contributed by atoms with Crippen LogP contribution in [0.2, 0.25) is 0 Å². The van der Waals surface area contributed by atoms with E-state index in [1.54, 1.807) is 0 Å². The van der Waals surface area contributed by atoms with Crippen LogP contribution in [0.4, 0.5) is 0 Å². The maximum atomic E-state index is 5.39. The number of rotatable bonds is 4. The van der Waals surface area contributed by atoms with Crippen molar-refractivity contribution in [1.82, 2.24) is 9.97 Å². The van der Waals surface area contributed by atoms with E-state index in [0.29, 0.717) is 5.82 Å². The molecule has 0 atom stereocenters. The largest absolute Gasteiger partial charge is 0.228 e. The summed E-state index contributed by atoms with van der Waals surface area (Å²) >= 11 is 1.87. The van der Waals surface area contributed by atoms with Crippen LogP contribution >= 0.6 is 11.8 Å². The third kappa shape index (κ3) is 4.87. The van der Waals surface area contributed by atoms with Gasteiger partial charge in [0.05, 0.1) is 16.8 Å². The smallest absolute Gasteiger partial charge is 0.160 e. The zero-order valence-electron chi connectivity index (χ0n) is 31.4. The van der Waals surface area contributed by atoms with Gasteiger partial charge in [0.1, 0.15) is 0 Å². The Hall–Kier alpha value is -7.07. The molecule has 0 saturated heterocycles. The van der Waals surface area contributed by atoms with Crippen molar-refractivity contribution in [3.8, 4) is 56.2 Å². The third-order valence-electron chi connectivity index (χ3n) is 12.2. The molecule has 3 heteroatoms. The SMILES string of the molecule is c1ccc(-c2nc(-c3ccc(-c4cc5ccccc5c5ccccc45)cc3)cc(-c3cccc4c3-c3ccccc3C43c4ccccc4Sc4ccccc43)n2)cc1. The molecule has 2 nitrogen and oxygen atoms in total. The Morgan fingerprint density at radius 3 is 1.69 bits per heavy atom. The Labute approximate surface area is 341 Å². The average Bonchev–Trinajstić information content (AvgIpc) is 3.60. The van der Waals surface area contributed by atoms with Gasteiger partial charge in [-0.05, 0) is 90.3 Å². The van der Waals surface area contributed by atoms with E-state index in [2.05, 4.69) is 200 Å². The quantitative estimate of drug-likeness (QED) is 0.167. The van der Waals surface area contributed by atoms with Crippen molar-refractivity contribution in [2.24, 2.45) is 0 Å². The third-order valence-corrected chi connectivity index (χ3v) is 13.3. The topological polar surface area (TPSA) is 25.8 Å². The van der Waals surface area contributed by atoms with Crippen LogP contribution in [0.5, 0.6) is 0 Å². The van der Waals surface area contributed by atoms with Crippen molar-refractivity contribution >= 4 is 33.3 Å². The number of benzene rings is 9. The Morgan fingerprint density at radius 2 is 0.914 bits per heavy atom. The summed E-state index contributed by atoms with van der Waals surface area (Å²) in [5, 5.41) is 5.04. The van der Waals surface area contributed by atoms with Gasteiger partial charge in [-0.1, -0.05) is 194 Å². The highest BCUT2D eigenvalue weighted by Crippen LogP contribution is 2.63. The van der Waals surface area contributed by atoms with E-state index in [-0.39, 0.29) is 0 Å². The summed E-state index contributed by atoms with van der Waals surface area (Å²) in [6, 6.07) is 74.9. The van der Waals surface area contributed by atoms with Crippen molar-refractivity contribution in [2.75, 3.05) is 0 Å². The number of hydrogen-bond acceptors (Lipinski definition) is 3. The molecule has 0 unspecified atom stereocenters. The molecule has 10 aromatic rings. The lowest BCUT2D eigenvalue weighted by atomic mass is 9.67. The van der Waals surface area contributed by atoms with Gasteiger partial charge in [-0.25, -0.2) is 9.97 Å². The lowest BCUT2D eigenvalue weighted by molar-refractivity contribution is 0.722. The molecular weight excluding hydrogens is 721 g/mol. The van der Waals surface area contributed by atoms with Crippen molar-refractivity contribution < 1.29 is 0 Å². The first-order chi connectivity index (χ1) is 28.8. The number of aromatic nitrogens is 2. The van der Waals surface area contributed by atoms with Crippen LogP contribution in [0.1, 0.15) is 22.3 Å². The maximum absolute atomic E-state index is 5.39. The van der Waals surface area contributed by atoms with Crippen LogP contribution in [0, 0.1) is 0 Å². The molecule has 1 aliphatic carbocycles. The van der Waals surface area contributed by atoms with Gasteiger partial charge in [0.15, 0.2) is 5.82 Å². The first kappa shape index (κ1) is 33.1. The molecule has 2 heterocycles. The lowest BCUT2D eigenvalue weighted by Crippen LogP contribution is -2.31. The number of fused-ring (bicyclic) bond motifs is 12. The molecule has 1 spiro atoms. The number of nitrogens with zero attached hydrogens (tertiary/aromatic N) is 2. The van der Waals surface area contributed by atoms with E-state index in [1.807, 2.05) is 17.8 Å². The molecule has 1 aromatic heterocycles. The zero-order valence-corrected chi connectivity index (χ0v) is 32.2. The molecule has 0 bridgehead atoms. The molecule has 0 amide bonds. The van der Waals surface area contributed by atoms with Gasteiger partial charge in [0, 0.05) is 26.5 Å². The van der Waals surface area contributed by atoms with E-state index >= 15 is 0 Å². The summed E-state index contributed by atoms with van der Waals surface area (Å²) in [7, 11) is 0. The zero-order chi connectivity index (χ0) is 38.2. The molecule has 0 N–H and O–H groups in total. The van der Waals surface area contributed by atoms with E-state index in [4.69, 9.17) is 9.97 Å². The van der Waals surface area contributed by atoms with Gasteiger partial charge in [-0.15, -0.1) is 0 Å². The molecule has 12 rings (SSSR count). The van der Waals surface area contributed by atoms with E-state index in [9.17, 15) is 0 Å². The van der Waals surface area contributed by atoms with Gasteiger partial charge in [0.2, 0.25) is 0 Å². The van der Waals surface area contributed by atoms with Crippen LogP contribution in [0.3, 0.4) is 0 Å². The lowest BCUT2D eigenvalue weighted by Gasteiger charge is -2.39. The first-order valence-corrected chi connectivity index (χ1v) is 20.6. The minimum atomic E-state index is -0.457. The van der Waals surface area contributed by atoms with E-state index in [1.165, 1.54) is 75.8 Å². The molecule has 2 aliphatic rings. The van der Waals surface area contributed by atoms with Gasteiger partial charge >= 0.3 is 0 Å². The summed E-state index contributed by atoms with van der Waals surface area (Å²) in [6.45, 7) is 0. The highest BCUT2D eigenvalue weighted by molar-refractivity contribution is 7.99. The second kappa shape index (κ2) is 13.0. The van der Waals surface area contributed by atoms with E-state index in [0.717, 1.165) is 28.1 Å². The van der Waals surface area contributed by atoms with Gasteiger partial charge in [0.25, 0.3) is 0 Å². The summed E-state index contributed by atoms with van der Waals surface area (Å²) in [6.07, 6.45) is 0. The molecular formula is C55H34N2S. The monoisotopic (exact) mass is 754 g/mol. The molecule has 0 fully saturated rings. The molecule has 9 aromatic carbocycles. The fourth-order valence-electron chi connectivity index (χ4n) is 9.68. The molecule has 1 aliphatic heterocycles. The summed E-state index contributed by atoms with van der Waals surface area (Å²) in [5.74, 6) is 0.709. The maximum Gasteiger partial charge on any atom is 0.160 e. The van der Waals surface area contributed by atoms with E-state index < -0.39 is 5.41 Å². The van der Waals surface area contributed by atoms with Crippen LogP contribution in [-0.4, -0.2) is 9.97 Å². The molecule has 270 valence electrons. The normalized spacial score (nSPS) is 13.2. The second-order valence-electron chi connectivity index (χ2n) is 15.2. The Bertz CT molecular complexity index is 3210. The fourth-order valence-corrected chi connectivity index (χ4v) is 10.9. The van der Waals surface area contributed by atoms with Crippen LogP contribution < -0.4 is 0 Å². The Balaban J connectivity index is 1.06. The molecule has 0 radical (unpaired) electrons. The van der Waals surface area contributed by atoms with Gasteiger partial charge in [-0.3, -0.25) is 0 Å². The molecule has 58 heavy (non-hydrogen) atoms. The summed E-state index contributed by atoms with van der Waals surface area (Å²) < 4.78 is 0. The Kier molecular flexibility index (Phi) is 7.41. The van der Waals surface area contributed by atoms with Crippen LogP contribution in [0.15, 0.2) is 216 Å². The van der Waals surface area contributed by atoms with Gasteiger partial charge < -0.3 is 0 Å². The fraction of sp³-hybridized carbons (Fsp3) is 0.0182. The summed E-state index contributed by atoms with van der Waals surface area (Å²) in [4.78, 5) is 13.2.